The van der Waals surface area contributed by atoms with Crippen molar-refractivity contribution in [3.05, 3.63) is 124 Å². The molecule has 0 spiro atoms. The molecule has 0 aliphatic carbocycles. The van der Waals surface area contributed by atoms with Crippen molar-refractivity contribution in [1.82, 2.24) is 0 Å². The number of fused-ring (bicyclic) bond motifs is 1. The number of nitrogens with zero attached hydrogens (tertiary/aromatic N) is 2. The molecule has 6 heteroatoms. The second-order valence-electron chi connectivity index (χ2n) is 8.45. The van der Waals surface area contributed by atoms with Crippen LogP contribution in [-0.2, 0) is 6.54 Å². The Balaban J connectivity index is 1.52. The molecule has 0 saturated carbocycles. The zero-order valence-corrected chi connectivity index (χ0v) is 20.1. The fourth-order valence-electron chi connectivity index (χ4n) is 4.26. The molecule has 178 valence electrons. The number of rotatable bonds is 5. The maximum absolute atomic E-state index is 13.6. The van der Waals surface area contributed by atoms with Gasteiger partial charge in [-0.2, -0.15) is 0 Å². The van der Waals surface area contributed by atoms with E-state index in [4.69, 9.17) is 11.6 Å². The monoisotopic (exact) mass is 494 g/mol. The van der Waals surface area contributed by atoms with E-state index in [1.807, 2.05) is 79.0 Å². The van der Waals surface area contributed by atoms with Crippen LogP contribution in [0, 0.1) is 0 Å². The van der Waals surface area contributed by atoms with Gasteiger partial charge in [-0.25, -0.2) is 0 Å². The van der Waals surface area contributed by atoms with Crippen LogP contribution in [-0.4, -0.2) is 22.3 Å². The quantitative estimate of drug-likeness (QED) is 0.310. The highest BCUT2D eigenvalue weighted by atomic mass is 35.5. The number of allylic oxidation sites excluding steroid dienone is 1. The Bertz CT molecular complexity index is 1480. The van der Waals surface area contributed by atoms with Gasteiger partial charge < -0.3 is 15.1 Å². The first-order valence-corrected chi connectivity index (χ1v) is 11.9. The fraction of sp³-hybridized carbons (Fsp3) is 0.0667. The van der Waals surface area contributed by atoms with Crippen LogP contribution < -0.4 is 4.90 Å². The molecule has 1 amide bonds. The van der Waals surface area contributed by atoms with Gasteiger partial charge in [0.1, 0.15) is 11.5 Å². The molecule has 5 rings (SSSR count). The van der Waals surface area contributed by atoms with Crippen LogP contribution in [0.4, 0.5) is 11.4 Å². The first-order valence-electron chi connectivity index (χ1n) is 11.5. The molecule has 2 N–H and O–H groups in total. The minimum absolute atomic E-state index is 0.107. The summed E-state index contributed by atoms with van der Waals surface area (Å²) in [5.74, 6) is -0.751. The van der Waals surface area contributed by atoms with E-state index in [-0.39, 0.29) is 23.0 Å². The number of hydrogen-bond donors (Lipinski definition) is 2. The van der Waals surface area contributed by atoms with Crippen molar-refractivity contribution < 1.29 is 15.0 Å². The smallest absolute Gasteiger partial charge is 0.262 e. The van der Waals surface area contributed by atoms with Gasteiger partial charge in [-0.15, -0.1) is 0 Å². The van der Waals surface area contributed by atoms with Crippen molar-refractivity contribution in [1.29, 1.82) is 0 Å². The van der Waals surface area contributed by atoms with Crippen molar-refractivity contribution >= 4 is 40.7 Å². The molecular weight excluding hydrogens is 472 g/mol. The molecule has 0 unspecified atom stereocenters. The Hall–Kier alpha value is -4.35. The normalized spacial score (nSPS) is 12.4. The third-order valence-electron chi connectivity index (χ3n) is 6.04. The summed E-state index contributed by atoms with van der Waals surface area (Å²) in [4.78, 5) is 19.7. The number of aromatic hydroxyl groups is 2. The second-order valence-corrected chi connectivity index (χ2v) is 8.89. The topological polar surface area (TPSA) is 73.1 Å². The highest BCUT2D eigenvalue weighted by Crippen LogP contribution is 2.36. The van der Waals surface area contributed by atoms with Crippen molar-refractivity contribution in [2.75, 3.05) is 4.90 Å². The lowest BCUT2D eigenvalue weighted by Crippen LogP contribution is -2.30. The van der Waals surface area contributed by atoms with E-state index in [1.54, 1.807) is 4.90 Å². The SMILES string of the molecule is O=C(c1ccc(O)cc1O)N(Cc1ccccc1)c1ccc(C2=CCC=Nc3ccc(Cl)cc32)cc1. The lowest BCUT2D eigenvalue weighted by molar-refractivity contribution is 0.0982. The summed E-state index contributed by atoms with van der Waals surface area (Å²) >= 11 is 6.28. The van der Waals surface area contributed by atoms with Crippen molar-refractivity contribution in [3.8, 4) is 11.5 Å². The summed E-state index contributed by atoms with van der Waals surface area (Å²) in [5.41, 5.74) is 5.55. The Kier molecular flexibility index (Phi) is 6.56. The predicted molar refractivity (Wildman–Crippen MR) is 144 cm³/mol. The first-order chi connectivity index (χ1) is 17.5. The molecule has 0 aromatic heterocycles. The van der Waals surface area contributed by atoms with Gasteiger partial charge in [-0.1, -0.05) is 60.1 Å². The van der Waals surface area contributed by atoms with Crippen LogP contribution in [0.25, 0.3) is 5.57 Å². The zero-order valence-electron chi connectivity index (χ0n) is 19.3. The van der Waals surface area contributed by atoms with E-state index in [0.717, 1.165) is 28.0 Å². The average Bonchev–Trinajstić information content (AvgIpc) is 3.10. The van der Waals surface area contributed by atoms with Crippen LogP contribution in [0.15, 0.2) is 102 Å². The van der Waals surface area contributed by atoms with Gasteiger partial charge in [0.15, 0.2) is 0 Å². The summed E-state index contributed by atoms with van der Waals surface area (Å²) in [6.07, 6.45) is 4.68. The molecule has 1 aliphatic heterocycles. The Morgan fingerprint density at radius 3 is 2.44 bits per heavy atom. The number of carbonyl (C=O) groups excluding carboxylic acids is 1. The van der Waals surface area contributed by atoms with E-state index >= 15 is 0 Å². The lowest BCUT2D eigenvalue weighted by Gasteiger charge is -2.24. The molecule has 0 bridgehead atoms. The van der Waals surface area contributed by atoms with Crippen LogP contribution >= 0.6 is 11.6 Å². The third-order valence-corrected chi connectivity index (χ3v) is 6.27. The van der Waals surface area contributed by atoms with Gasteiger partial charge >= 0.3 is 0 Å². The standard InChI is InChI=1S/C30H23ClN2O3/c31-22-10-15-28-27(17-22)25(7-4-16-32-28)21-8-11-23(12-9-21)33(19-20-5-2-1-3-6-20)30(36)26-14-13-24(34)18-29(26)35/h1-3,5-18,34-35H,4,19H2. The molecule has 0 radical (unpaired) electrons. The van der Waals surface area contributed by atoms with E-state index < -0.39 is 0 Å². The van der Waals surface area contributed by atoms with Gasteiger partial charge in [0.2, 0.25) is 0 Å². The van der Waals surface area contributed by atoms with E-state index in [9.17, 15) is 15.0 Å². The van der Waals surface area contributed by atoms with Gasteiger partial charge in [0.05, 0.1) is 17.8 Å². The van der Waals surface area contributed by atoms with Crippen molar-refractivity contribution in [2.45, 2.75) is 13.0 Å². The largest absolute Gasteiger partial charge is 0.508 e. The number of benzene rings is 4. The van der Waals surface area contributed by atoms with Gasteiger partial charge in [0.25, 0.3) is 5.91 Å². The molecule has 1 heterocycles. The zero-order chi connectivity index (χ0) is 25.1. The molecule has 0 saturated heterocycles. The number of anilines is 1. The van der Waals surface area contributed by atoms with Gasteiger partial charge in [-0.05, 0) is 59.2 Å². The summed E-state index contributed by atoms with van der Waals surface area (Å²) in [6.45, 7) is 0.314. The molecule has 4 aromatic rings. The minimum Gasteiger partial charge on any atom is -0.508 e. The van der Waals surface area contributed by atoms with Crippen LogP contribution in [0.1, 0.15) is 33.5 Å². The van der Waals surface area contributed by atoms with Crippen LogP contribution in [0.2, 0.25) is 5.02 Å². The third kappa shape index (κ3) is 4.88. The van der Waals surface area contributed by atoms with E-state index in [2.05, 4.69) is 11.1 Å². The summed E-state index contributed by atoms with van der Waals surface area (Å²) < 4.78 is 0. The fourth-order valence-corrected chi connectivity index (χ4v) is 4.43. The maximum atomic E-state index is 13.6. The van der Waals surface area contributed by atoms with E-state index in [0.29, 0.717) is 23.7 Å². The number of carbonyl (C=O) groups is 1. The molecule has 36 heavy (non-hydrogen) atoms. The maximum Gasteiger partial charge on any atom is 0.262 e. The van der Waals surface area contributed by atoms with E-state index in [1.165, 1.54) is 18.2 Å². The lowest BCUT2D eigenvalue weighted by atomic mass is 9.95. The number of hydrogen-bond acceptors (Lipinski definition) is 4. The van der Waals surface area contributed by atoms with Crippen LogP contribution in [0.3, 0.4) is 0 Å². The first kappa shape index (κ1) is 23.4. The van der Waals surface area contributed by atoms with Gasteiger partial charge in [0, 0.05) is 35.0 Å². The minimum atomic E-state index is -0.372. The highest BCUT2D eigenvalue weighted by Gasteiger charge is 2.22. The second kappa shape index (κ2) is 10.1. The number of phenols is 2. The molecule has 4 aromatic carbocycles. The Morgan fingerprint density at radius 2 is 1.69 bits per heavy atom. The van der Waals surface area contributed by atoms with Crippen molar-refractivity contribution in [2.24, 2.45) is 4.99 Å². The Labute approximate surface area is 214 Å². The number of phenolic OH excluding ortho intramolecular Hbond substituents is 2. The van der Waals surface area contributed by atoms with Crippen LogP contribution in [0.5, 0.6) is 11.5 Å². The molecule has 0 atom stereocenters. The number of amides is 1. The van der Waals surface area contributed by atoms with Gasteiger partial charge in [-0.3, -0.25) is 9.79 Å². The molecular formula is C30H23ClN2O3. The summed E-state index contributed by atoms with van der Waals surface area (Å²) in [5, 5.41) is 20.6. The molecule has 5 nitrogen and oxygen atoms in total. The average molecular weight is 495 g/mol. The summed E-state index contributed by atoms with van der Waals surface area (Å²) in [6, 6.07) is 27.0. The summed E-state index contributed by atoms with van der Waals surface area (Å²) in [7, 11) is 0. The molecule has 0 fully saturated rings. The highest BCUT2D eigenvalue weighted by molar-refractivity contribution is 6.31. The Morgan fingerprint density at radius 1 is 0.917 bits per heavy atom. The number of halogens is 1. The molecule has 1 aliphatic rings. The predicted octanol–water partition coefficient (Wildman–Crippen LogP) is 7.14. The number of aliphatic imine (C=N–C) groups is 1. The van der Waals surface area contributed by atoms with Crippen molar-refractivity contribution in [3.63, 3.8) is 0 Å².